The highest BCUT2D eigenvalue weighted by atomic mass is 19.3. The number of hydrogen-bond donors (Lipinski definition) is 1. The quantitative estimate of drug-likeness (QED) is 0.684. The van der Waals surface area contributed by atoms with E-state index in [1.54, 1.807) is 12.1 Å². The maximum Gasteiger partial charge on any atom is 0.387 e. The summed E-state index contributed by atoms with van der Waals surface area (Å²) in [4.78, 5) is 26.7. The Labute approximate surface area is 177 Å². The first-order chi connectivity index (χ1) is 14.9. The summed E-state index contributed by atoms with van der Waals surface area (Å²) in [6.07, 6.45) is 0.0229. The summed E-state index contributed by atoms with van der Waals surface area (Å²) >= 11 is 0. The van der Waals surface area contributed by atoms with Gasteiger partial charge < -0.3 is 29.2 Å². The molecule has 0 aromatic heterocycles. The third kappa shape index (κ3) is 4.96. The minimum atomic E-state index is -2.92. The molecule has 166 valence electrons. The van der Waals surface area contributed by atoms with E-state index in [-0.39, 0.29) is 30.5 Å². The summed E-state index contributed by atoms with van der Waals surface area (Å²) in [5.41, 5.74) is 0.925. The number of nitrogens with one attached hydrogen (secondary N) is 1. The Kier molecular flexibility index (Phi) is 6.78. The van der Waals surface area contributed by atoms with E-state index in [0.717, 1.165) is 0 Å². The molecule has 8 nitrogen and oxygen atoms in total. The van der Waals surface area contributed by atoms with Crippen LogP contribution in [-0.2, 0) is 9.59 Å². The lowest BCUT2D eigenvalue weighted by molar-refractivity contribution is -0.122. The van der Waals surface area contributed by atoms with Crippen LogP contribution in [0.15, 0.2) is 36.4 Å². The molecule has 0 bridgehead atoms. The molecule has 0 saturated carbocycles. The summed E-state index contributed by atoms with van der Waals surface area (Å²) < 4.78 is 44.7. The molecule has 0 aliphatic carbocycles. The van der Waals surface area contributed by atoms with Crippen LogP contribution in [0.25, 0.3) is 0 Å². The van der Waals surface area contributed by atoms with Crippen LogP contribution < -0.4 is 29.2 Å². The van der Waals surface area contributed by atoms with E-state index in [0.29, 0.717) is 28.6 Å². The first kappa shape index (κ1) is 22.1. The number of anilines is 2. The maximum absolute atomic E-state index is 12.6. The van der Waals surface area contributed by atoms with Gasteiger partial charge in [0.25, 0.3) is 0 Å². The Balaban J connectivity index is 1.72. The van der Waals surface area contributed by atoms with E-state index >= 15 is 0 Å². The van der Waals surface area contributed by atoms with Crippen molar-refractivity contribution < 1.29 is 37.3 Å². The molecule has 31 heavy (non-hydrogen) atoms. The van der Waals surface area contributed by atoms with E-state index in [2.05, 4.69) is 10.1 Å². The highest BCUT2D eigenvalue weighted by Gasteiger charge is 2.36. The molecule has 0 radical (unpaired) electrons. The molecular weight excluding hydrogens is 414 g/mol. The van der Waals surface area contributed by atoms with E-state index in [1.165, 1.54) is 50.5 Å². The lowest BCUT2D eigenvalue weighted by Gasteiger charge is -2.20. The minimum absolute atomic E-state index is 0.0161. The van der Waals surface area contributed by atoms with Gasteiger partial charge in [-0.3, -0.25) is 9.59 Å². The van der Waals surface area contributed by atoms with Gasteiger partial charge in [0, 0.05) is 30.8 Å². The van der Waals surface area contributed by atoms with Crippen LogP contribution in [0.2, 0.25) is 0 Å². The molecular formula is C21H22F2N2O6. The molecule has 1 aliphatic heterocycles. The van der Waals surface area contributed by atoms with Gasteiger partial charge in [-0.2, -0.15) is 8.78 Å². The lowest BCUT2D eigenvalue weighted by atomic mass is 10.1. The third-order valence-electron chi connectivity index (χ3n) is 4.80. The predicted octanol–water partition coefficient (Wildman–Crippen LogP) is 3.31. The number of carbonyl (C=O) groups is 2. The molecule has 1 heterocycles. The highest BCUT2D eigenvalue weighted by Crippen LogP contribution is 2.42. The zero-order chi connectivity index (χ0) is 22.5. The predicted molar refractivity (Wildman–Crippen MR) is 108 cm³/mol. The van der Waals surface area contributed by atoms with Crippen molar-refractivity contribution in [3.63, 3.8) is 0 Å². The van der Waals surface area contributed by atoms with Gasteiger partial charge in [0.15, 0.2) is 11.5 Å². The van der Waals surface area contributed by atoms with Crippen LogP contribution in [0.3, 0.4) is 0 Å². The Morgan fingerprint density at radius 1 is 1.06 bits per heavy atom. The topological polar surface area (TPSA) is 86.3 Å². The smallest absolute Gasteiger partial charge is 0.387 e. The number of ether oxygens (including phenoxy) is 4. The molecule has 1 saturated heterocycles. The molecule has 1 atom stereocenters. The van der Waals surface area contributed by atoms with E-state index in [9.17, 15) is 18.4 Å². The average molecular weight is 436 g/mol. The Morgan fingerprint density at radius 2 is 1.68 bits per heavy atom. The SMILES string of the molecule is COc1cc(N2CC(C(=O)Nc3ccc(OC(F)F)cc3)CC2=O)cc(OC)c1OC. The number of nitrogens with zero attached hydrogens (tertiary/aromatic N) is 1. The van der Waals surface area contributed by atoms with Crippen LogP contribution in [0.4, 0.5) is 20.2 Å². The highest BCUT2D eigenvalue weighted by molar-refractivity contribution is 6.03. The molecule has 2 amide bonds. The summed E-state index contributed by atoms with van der Waals surface area (Å²) in [7, 11) is 4.43. The number of hydrogen-bond acceptors (Lipinski definition) is 6. The average Bonchev–Trinajstić information content (AvgIpc) is 3.15. The van der Waals surface area contributed by atoms with E-state index < -0.39 is 12.5 Å². The molecule has 1 fully saturated rings. The van der Waals surface area contributed by atoms with Crippen LogP contribution in [0.5, 0.6) is 23.0 Å². The number of alkyl halides is 2. The second-order valence-electron chi connectivity index (χ2n) is 6.68. The van der Waals surface area contributed by atoms with Crippen molar-refractivity contribution in [2.24, 2.45) is 5.92 Å². The first-order valence-corrected chi connectivity index (χ1v) is 9.32. The van der Waals surface area contributed by atoms with Crippen molar-refractivity contribution >= 4 is 23.2 Å². The molecule has 2 aromatic carbocycles. The molecule has 1 N–H and O–H groups in total. The molecule has 3 rings (SSSR count). The van der Waals surface area contributed by atoms with Crippen molar-refractivity contribution in [3.05, 3.63) is 36.4 Å². The summed E-state index contributed by atoms with van der Waals surface area (Å²) in [6.45, 7) is -2.76. The van der Waals surface area contributed by atoms with E-state index in [4.69, 9.17) is 14.2 Å². The number of halogens is 2. The van der Waals surface area contributed by atoms with Gasteiger partial charge in [0.05, 0.1) is 32.9 Å². The fourth-order valence-electron chi connectivity index (χ4n) is 3.32. The van der Waals surface area contributed by atoms with Gasteiger partial charge in [-0.1, -0.05) is 0 Å². The summed E-state index contributed by atoms with van der Waals surface area (Å²) in [6, 6.07) is 8.82. The Bertz CT molecular complexity index is 926. The maximum atomic E-state index is 12.6. The van der Waals surface area contributed by atoms with Gasteiger partial charge in [-0.05, 0) is 24.3 Å². The molecule has 1 aliphatic rings. The fraction of sp³-hybridized carbons (Fsp3) is 0.333. The second kappa shape index (κ2) is 9.50. The summed E-state index contributed by atoms with van der Waals surface area (Å²) in [5, 5.41) is 2.69. The number of benzene rings is 2. The first-order valence-electron chi connectivity index (χ1n) is 9.32. The van der Waals surface area contributed by atoms with Gasteiger partial charge in [0.1, 0.15) is 5.75 Å². The van der Waals surface area contributed by atoms with Crippen molar-refractivity contribution in [3.8, 4) is 23.0 Å². The minimum Gasteiger partial charge on any atom is -0.493 e. The normalized spacial score (nSPS) is 15.7. The second-order valence-corrected chi connectivity index (χ2v) is 6.68. The number of amides is 2. The monoisotopic (exact) mass is 436 g/mol. The van der Waals surface area contributed by atoms with Crippen LogP contribution >= 0.6 is 0 Å². The van der Waals surface area contributed by atoms with Crippen molar-refractivity contribution in [2.75, 3.05) is 38.1 Å². The Hall–Kier alpha value is -3.56. The molecule has 1 unspecified atom stereocenters. The standard InChI is InChI=1S/C21H22F2N2O6/c1-28-16-9-14(10-17(29-2)19(16)30-3)25-11-12(8-18(25)26)20(27)24-13-4-6-15(7-5-13)31-21(22)23/h4-7,9-10,12,21H,8,11H2,1-3H3,(H,24,27). The molecule has 2 aromatic rings. The third-order valence-corrected chi connectivity index (χ3v) is 4.80. The number of rotatable bonds is 8. The van der Waals surface area contributed by atoms with Gasteiger partial charge in [0.2, 0.25) is 17.6 Å². The number of methoxy groups -OCH3 is 3. The van der Waals surface area contributed by atoms with Crippen molar-refractivity contribution in [1.29, 1.82) is 0 Å². The largest absolute Gasteiger partial charge is 0.493 e. The van der Waals surface area contributed by atoms with Crippen molar-refractivity contribution in [2.45, 2.75) is 13.0 Å². The zero-order valence-electron chi connectivity index (χ0n) is 17.2. The van der Waals surface area contributed by atoms with E-state index in [1.807, 2.05) is 0 Å². The lowest BCUT2D eigenvalue weighted by Crippen LogP contribution is -2.28. The Morgan fingerprint density at radius 3 is 2.19 bits per heavy atom. The molecule has 0 spiro atoms. The number of carbonyl (C=O) groups excluding carboxylic acids is 2. The molecule has 10 heteroatoms. The van der Waals surface area contributed by atoms with Gasteiger partial charge in [-0.25, -0.2) is 0 Å². The van der Waals surface area contributed by atoms with Crippen LogP contribution in [0, 0.1) is 5.92 Å². The van der Waals surface area contributed by atoms with Gasteiger partial charge >= 0.3 is 6.61 Å². The van der Waals surface area contributed by atoms with Crippen molar-refractivity contribution in [1.82, 2.24) is 0 Å². The van der Waals surface area contributed by atoms with Gasteiger partial charge in [-0.15, -0.1) is 0 Å². The summed E-state index contributed by atoms with van der Waals surface area (Å²) in [5.74, 6) is -0.0107. The van der Waals surface area contributed by atoms with Crippen LogP contribution in [0.1, 0.15) is 6.42 Å². The zero-order valence-corrected chi connectivity index (χ0v) is 17.2. The fourth-order valence-corrected chi connectivity index (χ4v) is 3.32. The van der Waals surface area contributed by atoms with Crippen LogP contribution in [-0.4, -0.2) is 46.3 Å².